The summed E-state index contributed by atoms with van der Waals surface area (Å²) in [6, 6.07) is 20.0. The Morgan fingerprint density at radius 2 is 1.26 bits per heavy atom. The summed E-state index contributed by atoms with van der Waals surface area (Å²) in [7, 11) is 1.67. The molecule has 0 aliphatic carbocycles. The first kappa shape index (κ1) is 15.0. The lowest BCUT2D eigenvalue weighted by atomic mass is 10.1. The Morgan fingerprint density at radius 3 is 1.91 bits per heavy atom. The van der Waals surface area contributed by atoms with E-state index in [1.807, 2.05) is 60.8 Å². The third kappa shape index (κ3) is 3.29. The molecule has 0 bridgehead atoms. The van der Waals surface area contributed by atoms with Crippen LogP contribution in [0.4, 0.5) is 0 Å². The lowest BCUT2D eigenvalue weighted by molar-refractivity contribution is 0.419. The third-order valence-electron chi connectivity index (χ3n) is 3.70. The maximum Gasteiger partial charge on any atom is 0.129 e. The smallest absolute Gasteiger partial charge is 0.129 e. The van der Waals surface area contributed by atoms with Crippen molar-refractivity contribution in [2.75, 3.05) is 7.11 Å². The van der Waals surface area contributed by atoms with E-state index in [9.17, 15) is 0 Å². The number of fused-ring (bicyclic) bond motifs is 2. The van der Waals surface area contributed by atoms with Gasteiger partial charge in [-0.05, 0) is 42.8 Å². The van der Waals surface area contributed by atoms with Crippen molar-refractivity contribution < 1.29 is 4.74 Å². The van der Waals surface area contributed by atoms with Crippen molar-refractivity contribution in [1.29, 1.82) is 0 Å². The molecule has 3 heteroatoms. The van der Waals surface area contributed by atoms with E-state index in [1.54, 1.807) is 13.3 Å². The van der Waals surface area contributed by atoms with Crippen LogP contribution in [0, 0.1) is 6.92 Å². The van der Waals surface area contributed by atoms with Crippen LogP contribution in [0.1, 0.15) is 5.56 Å². The highest BCUT2D eigenvalue weighted by Gasteiger charge is 1.98. The molecular formula is C20H18N2O. The second-order valence-corrected chi connectivity index (χ2v) is 5.18. The van der Waals surface area contributed by atoms with Crippen LogP contribution in [0.2, 0.25) is 0 Å². The number of benzene rings is 2. The van der Waals surface area contributed by atoms with Crippen molar-refractivity contribution in [2.45, 2.75) is 6.92 Å². The number of hydrogen-bond donors (Lipinski definition) is 0. The summed E-state index contributed by atoms with van der Waals surface area (Å²) in [5.74, 6) is 0.876. The highest BCUT2D eigenvalue weighted by molar-refractivity contribution is 5.84. The molecule has 0 fully saturated rings. The number of nitrogens with zero attached hydrogens (tertiary/aromatic N) is 2. The second kappa shape index (κ2) is 6.88. The topological polar surface area (TPSA) is 35.0 Å². The monoisotopic (exact) mass is 302 g/mol. The SMILES string of the molecule is COc1ccnc2ccccc12.Cc1ccnc2ccccc12. The van der Waals surface area contributed by atoms with Crippen molar-refractivity contribution in [3.63, 3.8) is 0 Å². The first-order valence-electron chi connectivity index (χ1n) is 7.47. The van der Waals surface area contributed by atoms with E-state index in [4.69, 9.17) is 4.74 Å². The molecule has 4 rings (SSSR count). The molecule has 2 heterocycles. The van der Waals surface area contributed by atoms with Gasteiger partial charge in [-0.2, -0.15) is 0 Å². The van der Waals surface area contributed by atoms with Gasteiger partial charge in [-0.3, -0.25) is 9.97 Å². The quantitative estimate of drug-likeness (QED) is 0.507. The summed E-state index contributed by atoms with van der Waals surface area (Å²) in [6.07, 6.45) is 3.60. The first-order valence-corrected chi connectivity index (χ1v) is 7.47. The number of ether oxygens (including phenoxy) is 1. The van der Waals surface area contributed by atoms with Crippen molar-refractivity contribution >= 4 is 21.8 Å². The average Bonchev–Trinajstić information content (AvgIpc) is 2.62. The largest absolute Gasteiger partial charge is 0.496 e. The van der Waals surface area contributed by atoms with Gasteiger partial charge in [-0.15, -0.1) is 0 Å². The summed E-state index contributed by atoms with van der Waals surface area (Å²) in [6.45, 7) is 2.10. The lowest BCUT2D eigenvalue weighted by Gasteiger charge is -2.02. The van der Waals surface area contributed by atoms with E-state index in [2.05, 4.69) is 23.0 Å². The number of para-hydroxylation sites is 2. The molecule has 0 spiro atoms. The zero-order valence-corrected chi connectivity index (χ0v) is 13.2. The number of pyridine rings is 2. The van der Waals surface area contributed by atoms with Crippen molar-refractivity contribution in [2.24, 2.45) is 0 Å². The van der Waals surface area contributed by atoms with Crippen molar-refractivity contribution in [1.82, 2.24) is 9.97 Å². The molecule has 2 aromatic heterocycles. The van der Waals surface area contributed by atoms with Gasteiger partial charge in [0.2, 0.25) is 0 Å². The fraction of sp³-hybridized carbons (Fsp3) is 0.100. The highest BCUT2D eigenvalue weighted by atomic mass is 16.5. The molecule has 0 radical (unpaired) electrons. The van der Waals surface area contributed by atoms with Crippen LogP contribution in [0.15, 0.2) is 73.1 Å². The van der Waals surface area contributed by atoms with Crippen LogP contribution < -0.4 is 4.74 Å². The molecule has 0 saturated carbocycles. The summed E-state index contributed by atoms with van der Waals surface area (Å²) in [4.78, 5) is 8.45. The van der Waals surface area contributed by atoms with E-state index in [-0.39, 0.29) is 0 Å². The maximum absolute atomic E-state index is 5.19. The first-order chi connectivity index (χ1) is 11.3. The molecular weight excluding hydrogens is 284 g/mol. The predicted molar refractivity (Wildman–Crippen MR) is 94.8 cm³/mol. The van der Waals surface area contributed by atoms with Gasteiger partial charge in [-0.25, -0.2) is 0 Å². The van der Waals surface area contributed by atoms with Crippen LogP contribution in [-0.2, 0) is 0 Å². The van der Waals surface area contributed by atoms with E-state index in [0.717, 1.165) is 22.2 Å². The number of hydrogen-bond acceptors (Lipinski definition) is 3. The van der Waals surface area contributed by atoms with E-state index in [0.29, 0.717) is 0 Å². The standard InChI is InChI=1S/C10H9NO.C10H9N/c1-12-10-6-7-11-9-5-3-2-4-8(9)10;1-8-6-7-11-10-5-3-2-4-9(8)10/h2-7H,1H3;2-7H,1H3. The van der Waals surface area contributed by atoms with Gasteiger partial charge in [0.05, 0.1) is 18.1 Å². The average molecular weight is 302 g/mol. The van der Waals surface area contributed by atoms with Crippen LogP contribution in [0.3, 0.4) is 0 Å². The molecule has 0 atom stereocenters. The van der Waals surface area contributed by atoms with Crippen LogP contribution in [-0.4, -0.2) is 17.1 Å². The third-order valence-corrected chi connectivity index (χ3v) is 3.70. The van der Waals surface area contributed by atoms with Gasteiger partial charge < -0.3 is 4.74 Å². The van der Waals surface area contributed by atoms with E-state index >= 15 is 0 Å². The molecule has 0 amide bonds. The zero-order chi connectivity index (χ0) is 16.1. The zero-order valence-electron chi connectivity index (χ0n) is 13.2. The molecule has 0 aliphatic rings. The molecule has 0 unspecified atom stereocenters. The number of aromatic nitrogens is 2. The Morgan fingerprint density at radius 1 is 0.696 bits per heavy atom. The molecule has 3 nitrogen and oxygen atoms in total. The fourth-order valence-corrected chi connectivity index (χ4v) is 2.49. The molecule has 23 heavy (non-hydrogen) atoms. The Labute approximate surface area is 135 Å². The minimum Gasteiger partial charge on any atom is -0.496 e. The molecule has 4 aromatic rings. The minimum absolute atomic E-state index is 0.876. The lowest BCUT2D eigenvalue weighted by Crippen LogP contribution is -1.85. The predicted octanol–water partition coefficient (Wildman–Crippen LogP) is 4.79. The Kier molecular flexibility index (Phi) is 4.48. The van der Waals surface area contributed by atoms with Crippen LogP contribution in [0.25, 0.3) is 21.8 Å². The van der Waals surface area contributed by atoms with Crippen molar-refractivity contribution in [3.8, 4) is 5.75 Å². The van der Waals surface area contributed by atoms with Gasteiger partial charge in [0, 0.05) is 23.2 Å². The summed E-state index contributed by atoms with van der Waals surface area (Å²) >= 11 is 0. The summed E-state index contributed by atoms with van der Waals surface area (Å²) in [5, 5.41) is 2.30. The number of rotatable bonds is 1. The van der Waals surface area contributed by atoms with Crippen molar-refractivity contribution in [3.05, 3.63) is 78.6 Å². The Bertz CT molecular complexity index is 924. The fourth-order valence-electron chi connectivity index (χ4n) is 2.49. The highest BCUT2D eigenvalue weighted by Crippen LogP contribution is 2.22. The Hall–Kier alpha value is -2.94. The van der Waals surface area contributed by atoms with E-state index < -0.39 is 0 Å². The number of aryl methyl sites for hydroxylation is 1. The minimum atomic E-state index is 0.876. The van der Waals surface area contributed by atoms with E-state index in [1.165, 1.54) is 10.9 Å². The maximum atomic E-state index is 5.19. The summed E-state index contributed by atoms with van der Waals surface area (Å²) in [5.41, 5.74) is 3.33. The molecule has 0 N–H and O–H groups in total. The van der Waals surface area contributed by atoms with Gasteiger partial charge in [0.25, 0.3) is 0 Å². The molecule has 114 valence electrons. The van der Waals surface area contributed by atoms with Gasteiger partial charge in [0.1, 0.15) is 5.75 Å². The van der Waals surface area contributed by atoms with Gasteiger partial charge in [-0.1, -0.05) is 30.3 Å². The number of methoxy groups -OCH3 is 1. The second-order valence-electron chi connectivity index (χ2n) is 5.18. The molecule has 2 aromatic carbocycles. The van der Waals surface area contributed by atoms with Crippen LogP contribution >= 0.6 is 0 Å². The normalized spacial score (nSPS) is 10.2. The molecule has 0 aliphatic heterocycles. The van der Waals surface area contributed by atoms with Crippen LogP contribution in [0.5, 0.6) is 5.75 Å². The summed E-state index contributed by atoms with van der Waals surface area (Å²) < 4.78 is 5.19. The molecule has 0 saturated heterocycles. The van der Waals surface area contributed by atoms with Gasteiger partial charge in [0.15, 0.2) is 0 Å². The van der Waals surface area contributed by atoms with Gasteiger partial charge >= 0.3 is 0 Å². The Balaban J connectivity index is 0.000000136.